The summed E-state index contributed by atoms with van der Waals surface area (Å²) in [6.45, 7) is 1.01. The zero-order valence-electron chi connectivity index (χ0n) is 11.7. The molecule has 2 nitrogen and oxygen atoms in total. The highest BCUT2D eigenvalue weighted by Gasteiger charge is 2.30. The summed E-state index contributed by atoms with van der Waals surface area (Å²) in [6.07, 6.45) is 2.18. The lowest BCUT2D eigenvalue weighted by atomic mass is 10.1. The minimum absolute atomic E-state index is 0.587. The first-order valence-electron chi connectivity index (χ1n) is 7.03. The van der Waals surface area contributed by atoms with E-state index in [0.29, 0.717) is 10.0 Å². The van der Waals surface area contributed by atoms with E-state index < -0.39 is 0 Å². The number of rotatable bonds is 2. The van der Waals surface area contributed by atoms with Crippen molar-refractivity contribution in [3.8, 4) is 16.9 Å². The number of hydrogen-bond donors (Lipinski definition) is 0. The van der Waals surface area contributed by atoms with E-state index >= 15 is 0 Å². The van der Waals surface area contributed by atoms with E-state index in [1.807, 2.05) is 36.0 Å². The van der Waals surface area contributed by atoms with Crippen LogP contribution in [0.5, 0.6) is 0 Å². The lowest BCUT2D eigenvalue weighted by Gasteiger charge is -2.00. The monoisotopic (exact) mass is 347 g/mol. The van der Waals surface area contributed by atoms with E-state index in [9.17, 15) is 0 Å². The number of hydrogen-bond acceptors (Lipinski definition) is 1. The summed E-state index contributed by atoms with van der Waals surface area (Å²) in [4.78, 5) is 0. The van der Waals surface area contributed by atoms with Gasteiger partial charge in [0.05, 0.1) is 10.0 Å². The molecule has 0 aliphatic carbocycles. The highest BCUT2D eigenvalue weighted by molar-refractivity contribution is 7.99. The fraction of sp³-hybridized carbons (Fsp3) is 0.118. The molecule has 0 radical (unpaired) electrons. The van der Waals surface area contributed by atoms with Gasteiger partial charge < -0.3 is 0 Å². The second-order valence-electron chi connectivity index (χ2n) is 5.13. The molecule has 110 valence electrons. The van der Waals surface area contributed by atoms with E-state index in [0.717, 1.165) is 17.9 Å². The summed E-state index contributed by atoms with van der Waals surface area (Å²) >= 11 is 14.1. The molecule has 4 rings (SSSR count). The Kier molecular flexibility index (Phi) is 3.65. The molecule has 5 heteroatoms. The summed E-state index contributed by atoms with van der Waals surface area (Å²) < 4.78 is 4.59. The summed E-state index contributed by atoms with van der Waals surface area (Å²) in [5.74, 6) is 1.09. The molecule has 1 aliphatic heterocycles. The quantitative estimate of drug-likeness (QED) is 0.602. The largest absolute Gasteiger partial charge is 0.323 e. The van der Waals surface area contributed by atoms with Crippen LogP contribution >= 0.6 is 35.0 Å². The van der Waals surface area contributed by atoms with Gasteiger partial charge in [0.2, 0.25) is 0 Å². The van der Waals surface area contributed by atoms with Gasteiger partial charge in [0.1, 0.15) is 18.4 Å². The van der Waals surface area contributed by atoms with Crippen molar-refractivity contribution in [2.45, 2.75) is 11.7 Å². The van der Waals surface area contributed by atoms with Crippen LogP contribution < -0.4 is 4.57 Å². The lowest BCUT2D eigenvalue weighted by Crippen LogP contribution is -2.33. The second-order valence-corrected chi connectivity index (χ2v) is 7.01. The molecule has 0 bridgehead atoms. The van der Waals surface area contributed by atoms with Crippen LogP contribution in [0.4, 0.5) is 0 Å². The van der Waals surface area contributed by atoms with Gasteiger partial charge >= 0.3 is 5.16 Å². The van der Waals surface area contributed by atoms with E-state index in [4.69, 9.17) is 23.2 Å². The minimum atomic E-state index is 0.587. The van der Waals surface area contributed by atoms with Crippen LogP contribution in [-0.2, 0) is 6.54 Å². The standard InChI is InChI=1S/C17H13Cl2N2S/c18-14-7-6-12(10-15(14)19)16-11-21(13-4-2-1-3-5-13)17-20(16)8-9-22-17/h1-7,10-11H,8-9H2/q+1. The van der Waals surface area contributed by atoms with Gasteiger partial charge in [0.15, 0.2) is 5.69 Å². The molecule has 1 aliphatic rings. The highest BCUT2D eigenvalue weighted by Crippen LogP contribution is 2.32. The molecular formula is C17H13Cl2N2S+. The van der Waals surface area contributed by atoms with Gasteiger partial charge in [-0.1, -0.05) is 41.4 Å². The van der Waals surface area contributed by atoms with Crippen LogP contribution in [0.25, 0.3) is 16.9 Å². The number of para-hydroxylation sites is 1. The molecule has 3 aromatic rings. The summed E-state index contributed by atoms with van der Waals surface area (Å²) in [5.41, 5.74) is 3.43. The number of imidazole rings is 1. The zero-order chi connectivity index (χ0) is 15.1. The Bertz CT molecular complexity index is 843. The Morgan fingerprint density at radius 1 is 1.00 bits per heavy atom. The normalized spacial score (nSPS) is 13.4. The maximum atomic E-state index is 6.19. The van der Waals surface area contributed by atoms with Crippen LogP contribution in [0.1, 0.15) is 0 Å². The summed E-state index contributed by atoms with van der Waals surface area (Å²) in [5, 5.41) is 2.43. The van der Waals surface area contributed by atoms with Crippen LogP contribution in [0.15, 0.2) is 59.9 Å². The predicted molar refractivity (Wildman–Crippen MR) is 92.1 cm³/mol. The molecule has 0 saturated heterocycles. The van der Waals surface area contributed by atoms with E-state index in [2.05, 4.69) is 39.6 Å². The smallest absolute Gasteiger partial charge is 0.216 e. The number of halogens is 2. The van der Waals surface area contributed by atoms with Crippen LogP contribution in [0.2, 0.25) is 10.0 Å². The molecule has 0 fully saturated rings. The molecular weight excluding hydrogens is 335 g/mol. The maximum Gasteiger partial charge on any atom is 0.323 e. The summed E-state index contributed by atoms with van der Waals surface area (Å²) in [7, 11) is 0. The molecule has 0 atom stereocenters. The first-order valence-corrected chi connectivity index (χ1v) is 8.77. The third-order valence-electron chi connectivity index (χ3n) is 3.77. The number of aromatic nitrogens is 2. The van der Waals surface area contributed by atoms with Gasteiger partial charge in [-0.2, -0.15) is 4.57 Å². The van der Waals surface area contributed by atoms with Crippen molar-refractivity contribution in [3.63, 3.8) is 0 Å². The fourth-order valence-corrected chi connectivity index (χ4v) is 4.13. The van der Waals surface area contributed by atoms with Gasteiger partial charge in [-0.05, 0) is 42.1 Å². The first kappa shape index (κ1) is 14.2. The molecule has 0 spiro atoms. The van der Waals surface area contributed by atoms with Crippen LogP contribution in [0, 0.1) is 0 Å². The topological polar surface area (TPSA) is 8.81 Å². The van der Waals surface area contributed by atoms with Crippen molar-refractivity contribution in [1.82, 2.24) is 4.57 Å². The third kappa shape index (κ3) is 2.34. The number of fused-ring (bicyclic) bond motifs is 1. The SMILES string of the molecule is Clc1ccc(-c2cn(-c3ccccc3)c3[n+]2CCS3)cc1Cl. The van der Waals surface area contributed by atoms with Gasteiger partial charge in [-0.25, -0.2) is 4.57 Å². The Morgan fingerprint density at radius 3 is 2.59 bits per heavy atom. The van der Waals surface area contributed by atoms with Crippen molar-refractivity contribution in [2.75, 3.05) is 5.75 Å². The molecule has 22 heavy (non-hydrogen) atoms. The number of benzene rings is 2. The molecule has 1 aromatic heterocycles. The van der Waals surface area contributed by atoms with Crippen molar-refractivity contribution in [3.05, 3.63) is 64.8 Å². The number of nitrogens with zero attached hydrogens (tertiary/aromatic N) is 2. The van der Waals surface area contributed by atoms with Crippen molar-refractivity contribution >= 4 is 35.0 Å². The van der Waals surface area contributed by atoms with Gasteiger partial charge in [0, 0.05) is 11.3 Å². The van der Waals surface area contributed by atoms with Crippen molar-refractivity contribution < 1.29 is 4.57 Å². The Hall–Kier alpha value is -1.42. The Morgan fingerprint density at radius 2 is 1.82 bits per heavy atom. The Balaban J connectivity index is 1.89. The molecule has 0 unspecified atom stereocenters. The lowest BCUT2D eigenvalue weighted by molar-refractivity contribution is -0.713. The van der Waals surface area contributed by atoms with Gasteiger partial charge in [-0.3, -0.25) is 0 Å². The molecule has 0 saturated carbocycles. The first-order chi connectivity index (χ1) is 10.7. The average molecular weight is 348 g/mol. The zero-order valence-corrected chi connectivity index (χ0v) is 14.0. The highest BCUT2D eigenvalue weighted by atomic mass is 35.5. The van der Waals surface area contributed by atoms with E-state index in [1.165, 1.54) is 16.5 Å². The molecule has 2 heterocycles. The third-order valence-corrected chi connectivity index (χ3v) is 5.58. The van der Waals surface area contributed by atoms with Gasteiger partial charge in [0.25, 0.3) is 0 Å². The number of thioether (sulfide) groups is 1. The van der Waals surface area contributed by atoms with Crippen molar-refractivity contribution in [1.29, 1.82) is 0 Å². The van der Waals surface area contributed by atoms with Crippen LogP contribution in [-0.4, -0.2) is 10.3 Å². The Labute approximate surface area is 143 Å². The van der Waals surface area contributed by atoms with Gasteiger partial charge in [-0.15, -0.1) is 0 Å². The summed E-state index contributed by atoms with van der Waals surface area (Å²) in [6, 6.07) is 16.2. The molecule has 2 aromatic carbocycles. The fourth-order valence-electron chi connectivity index (χ4n) is 2.73. The molecule has 0 N–H and O–H groups in total. The van der Waals surface area contributed by atoms with Crippen molar-refractivity contribution in [2.24, 2.45) is 0 Å². The van der Waals surface area contributed by atoms with E-state index in [-0.39, 0.29) is 0 Å². The average Bonchev–Trinajstić information content (AvgIpc) is 3.13. The van der Waals surface area contributed by atoms with E-state index in [1.54, 1.807) is 0 Å². The van der Waals surface area contributed by atoms with Crippen LogP contribution in [0.3, 0.4) is 0 Å². The second kappa shape index (κ2) is 5.65. The maximum absolute atomic E-state index is 6.19. The molecule has 0 amide bonds. The predicted octanol–water partition coefficient (Wildman–Crippen LogP) is 4.84. The minimum Gasteiger partial charge on any atom is -0.216 e.